The monoisotopic (exact) mass is 336 g/mol. The number of carbonyl (C=O) groups is 3. The fourth-order valence-electron chi connectivity index (χ4n) is 2.27. The summed E-state index contributed by atoms with van der Waals surface area (Å²) in [7, 11) is 3.19. The van der Waals surface area contributed by atoms with E-state index in [-0.39, 0.29) is 31.4 Å². The van der Waals surface area contributed by atoms with E-state index in [0.717, 1.165) is 10.6 Å². The number of likely N-dealkylation sites (N-methyl/N-ethyl adjacent to an activating group) is 1. The molecule has 1 aromatic carbocycles. The molecule has 6 nitrogen and oxygen atoms in total. The summed E-state index contributed by atoms with van der Waals surface area (Å²) in [5.74, 6) is -1.43. The lowest BCUT2D eigenvalue weighted by molar-refractivity contribution is -0.154. The lowest BCUT2D eigenvalue weighted by Crippen LogP contribution is -2.30. The van der Waals surface area contributed by atoms with E-state index < -0.39 is 11.9 Å². The number of ether oxygens (including phenoxy) is 1. The van der Waals surface area contributed by atoms with Crippen LogP contribution < -0.4 is 4.90 Å². The molecule has 1 atom stereocenters. The largest absolute Gasteiger partial charge is 0.455 e. The Morgan fingerprint density at radius 1 is 1.39 bits per heavy atom. The molecule has 0 bridgehead atoms. The van der Waals surface area contributed by atoms with Gasteiger partial charge in [0.2, 0.25) is 5.91 Å². The van der Waals surface area contributed by atoms with Crippen molar-refractivity contribution in [3.8, 4) is 0 Å². The maximum absolute atomic E-state index is 12.2. The highest BCUT2D eigenvalue weighted by molar-refractivity contribution is 7.98. The summed E-state index contributed by atoms with van der Waals surface area (Å²) in [5, 5.41) is 0. The van der Waals surface area contributed by atoms with Crippen LogP contribution in [-0.2, 0) is 19.1 Å². The van der Waals surface area contributed by atoms with Crippen molar-refractivity contribution < 1.29 is 19.1 Å². The second-order valence-electron chi connectivity index (χ2n) is 5.50. The third-order valence-corrected chi connectivity index (χ3v) is 4.39. The topological polar surface area (TPSA) is 66.9 Å². The molecule has 0 aliphatic carbocycles. The van der Waals surface area contributed by atoms with Gasteiger partial charge in [-0.3, -0.25) is 14.4 Å². The van der Waals surface area contributed by atoms with Gasteiger partial charge >= 0.3 is 5.97 Å². The summed E-state index contributed by atoms with van der Waals surface area (Å²) in [6.07, 6.45) is 2.07. The Kier molecular flexibility index (Phi) is 5.65. The second kappa shape index (κ2) is 7.50. The number of amides is 2. The van der Waals surface area contributed by atoms with E-state index in [1.807, 2.05) is 30.5 Å². The van der Waals surface area contributed by atoms with Crippen molar-refractivity contribution in [3.05, 3.63) is 24.3 Å². The van der Waals surface area contributed by atoms with Gasteiger partial charge in [-0.2, -0.15) is 0 Å². The molecule has 0 spiro atoms. The first-order chi connectivity index (χ1) is 10.9. The van der Waals surface area contributed by atoms with Crippen LogP contribution in [-0.4, -0.2) is 56.2 Å². The Bertz CT molecular complexity index is 618. The molecule has 1 saturated heterocycles. The Balaban J connectivity index is 1.99. The van der Waals surface area contributed by atoms with Crippen LogP contribution in [0.4, 0.5) is 5.69 Å². The zero-order valence-corrected chi connectivity index (χ0v) is 14.3. The number of rotatable bonds is 5. The predicted octanol–water partition coefficient (Wildman–Crippen LogP) is 1.39. The fraction of sp³-hybridized carbons (Fsp3) is 0.438. The molecule has 0 N–H and O–H groups in total. The van der Waals surface area contributed by atoms with Gasteiger partial charge in [0.05, 0.1) is 5.92 Å². The summed E-state index contributed by atoms with van der Waals surface area (Å²) in [6, 6.07) is 7.62. The number of carbonyl (C=O) groups excluding carboxylic acids is 3. The molecule has 0 radical (unpaired) electrons. The maximum atomic E-state index is 12.2. The SMILES string of the molecule is CSc1cccc(N2C[C@@H](C(=O)OCC(=O)N(C)C)CC2=O)c1. The van der Waals surface area contributed by atoms with Crippen LogP contribution in [0.5, 0.6) is 0 Å². The van der Waals surface area contributed by atoms with Crippen LogP contribution in [0.15, 0.2) is 29.2 Å². The molecule has 1 heterocycles. The number of thioether (sulfide) groups is 1. The highest BCUT2D eigenvalue weighted by Crippen LogP contribution is 2.28. The molecule has 2 rings (SSSR count). The predicted molar refractivity (Wildman–Crippen MR) is 88.3 cm³/mol. The van der Waals surface area contributed by atoms with E-state index in [4.69, 9.17) is 4.74 Å². The van der Waals surface area contributed by atoms with Crippen molar-refractivity contribution in [2.75, 3.05) is 38.4 Å². The third kappa shape index (κ3) is 4.25. The molecule has 124 valence electrons. The molecule has 1 aromatic rings. The smallest absolute Gasteiger partial charge is 0.311 e. The number of anilines is 1. The van der Waals surface area contributed by atoms with Gasteiger partial charge in [-0.15, -0.1) is 11.8 Å². The van der Waals surface area contributed by atoms with Gasteiger partial charge in [-0.25, -0.2) is 0 Å². The van der Waals surface area contributed by atoms with Gasteiger partial charge in [0, 0.05) is 37.6 Å². The number of hydrogen-bond acceptors (Lipinski definition) is 5. The Morgan fingerprint density at radius 3 is 2.78 bits per heavy atom. The van der Waals surface area contributed by atoms with Gasteiger partial charge in [0.1, 0.15) is 0 Å². The summed E-state index contributed by atoms with van der Waals surface area (Å²) < 4.78 is 5.01. The van der Waals surface area contributed by atoms with Crippen molar-refractivity contribution in [2.24, 2.45) is 5.92 Å². The van der Waals surface area contributed by atoms with Gasteiger partial charge in [-0.05, 0) is 24.5 Å². The van der Waals surface area contributed by atoms with Crippen LogP contribution in [0.2, 0.25) is 0 Å². The van der Waals surface area contributed by atoms with Gasteiger partial charge in [0.15, 0.2) is 6.61 Å². The number of benzene rings is 1. The molecule has 2 amide bonds. The minimum Gasteiger partial charge on any atom is -0.455 e. The lowest BCUT2D eigenvalue weighted by Gasteiger charge is -2.17. The number of esters is 1. The summed E-state index contributed by atoms with van der Waals surface area (Å²) in [5.41, 5.74) is 0.779. The van der Waals surface area contributed by atoms with Crippen molar-refractivity contribution in [3.63, 3.8) is 0 Å². The van der Waals surface area contributed by atoms with E-state index >= 15 is 0 Å². The average Bonchev–Trinajstić information content (AvgIpc) is 2.94. The van der Waals surface area contributed by atoms with Gasteiger partial charge in [0.25, 0.3) is 5.91 Å². The molecule has 7 heteroatoms. The van der Waals surface area contributed by atoms with E-state index in [1.54, 1.807) is 30.8 Å². The molecule has 1 aliphatic heterocycles. The highest BCUT2D eigenvalue weighted by Gasteiger charge is 2.36. The minimum atomic E-state index is -0.532. The summed E-state index contributed by atoms with van der Waals surface area (Å²) in [4.78, 5) is 39.7. The molecule has 1 fully saturated rings. The van der Waals surface area contributed by atoms with E-state index in [1.165, 1.54) is 4.90 Å². The highest BCUT2D eigenvalue weighted by atomic mass is 32.2. The zero-order valence-electron chi connectivity index (χ0n) is 13.4. The molecule has 1 aliphatic rings. The molecular formula is C16H20N2O4S. The summed E-state index contributed by atoms with van der Waals surface area (Å²) in [6.45, 7) is -0.00978. The molecule has 0 unspecified atom stereocenters. The first kappa shape index (κ1) is 17.3. The van der Waals surface area contributed by atoms with Crippen molar-refractivity contribution in [1.82, 2.24) is 4.90 Å². The van der Waals surface area contributed by atoms with Crippen molar-refractivity contribution >= 4 is 35.2 Å². The third-order valence-electron chi connectivity index (χ3n) is 3.66. The fourth-order valence-corrected chi connectivity index (χ4v) is 2.73. The Labute approximate surface area is 139 Å². The van der Waals surface area contributed by atoms with Crippen LogP contribution in [0.25, 0.3) is 0 Å². The number of hydrogen-bond donors (Lipinski definition) is 0. The maximum Gasteiger partial charge on any atom is 0.311 e. The van der Waals surface area contributed by atoms with Crippen LogP contribution in [0.1, 0.15) is 6.42 Å². The molecule has 23 heavy (non-hydrogen) atoms. The van der Waals surface area contributed by atoms with Crippen molar-refractivity contribution in [1.29, 1.82) is 0 Å². The van der Waals surface area contributed by atoms with E-state index in [9.17, 15) is 14.4 Å². The van der Waals surface area contributed by atoms with Gasteiger partial charge in [-0.1, -0.05) is 6.07 Å². The average molecular weight is 336 g/mol. The van der Waals surface area contributed by atoms with Crippen molar-refractivity contribution in [2.45, 2.75) is 11.3 Å². The molecule has 0 saturated carbocycles. The lowest BCUT2D eigenvalue weighted by atomic mass is 10.1. The first-order valence-electron chi connectivity index (χ1n) is 7.23. The van der Waals surface area contributed by atoms with Crippen LogP contribution in [0, 0.1) is 5.92 Å². The van der Waals surface area contributed by atoms with Gasteiger partial charge < -0.3 is 14.5 Å². The Morgan fingerprint density at radius 2 is 2.13 bits per heavy atom. The molecule has 0 aromatic heterocycles. The van der Waals surface area contributed by atoms with Crippen LogP contribution in [0.3, 0.4) is 0 Å². The summed E-state index contributed by atoms with van der Waals surface area (Å²) >= 11 is 1.59. The Hall–Kier alpha value is -2.02. The standard InChI is InChI=1S/C16H20N2O4S/c1-17(2)15(20)10-22-16(21)11-7-14(19)18(9-11)12-5-4-6-13(8-12)23-3/h4-6,8,11H,7,9-10H2,1-3H3/t11-/m0/s1. The molecular weight excluding hydrogens is 316 g/mol. The first-order valence-corrected chi connectivity index (χ1v) is 8.46. The minimum absolute atomic E-state index is 0.107. The van der Waals surface area contributed by atoms with Crippen LogP contribution >= 0.6 is 11.8 Å². The van der Waals surface area contributed by atoms with E-state index in [2.05, 4.69) is 0 Å². The number of nitrogens with zero attached hydrogens (tertiary/aromatic N) is 2. The normalized spacial score (nSPS) is 17.3. The quantitative estimate of drug-likeness (QED) is 0.600. The zero-order chi connectivity index (χ0) is 17.0. The van der Waals surface area contributed by atoms with E-state index in [0.29, 0.717) is 0 Å². The second-order valence-corrected chi connectivity index (χ2v) is 6.38.